The monoisotopic (exact) mass is 366 g/mol. The van der Waals surface area contributed by atoms with Gasteiger partial charge in [-0.25, -0.2) is 4.79 Å². The van der Waals surface area contributed by atoms with Gasteiger partial charge in [0, 0.05) is 12.5 Å². The number of esters is 1. The number of methoxy groups -OCH3 is 1. The highest BCUT2D eigenvalue weighted by Crippen LogP contribution is 2.21. The molecule has 1 unspecified atom stereocenters. The first-order valence-corrected chi connectivity index (χ1v) is 9.37. The van der Waals surface area contributed by atoms with Crippen molar-refractivity contribution in [1.29, 1.82) is 0 Å². The van der Waals surface area contributed by atoms with Crippen molar-refractivity contribution in [3.63, 3.8) is 0 Å². The molecule has 0 saturated carbocycles. The summed E-state index contributed by atoms with van der Waals surface area (Å²) in [6, 6.07) is 18.8. The maximum atomic E-state index is 12.7. The molecular formula is C22H26N2O3. The van der Waals surface area contributed by atoms with Gasteiger partial charge < -0.3 is 10.1 Å². The molecule has 3 rings (SSSR count). The third kappa shape index (κ3) is 5.17. The van der Waals surface area contributed by atoms with Crippen LogP contribution in [0.2, 0.25) is 0 Å². The number of likely N-dealkylation sites (tertiary alicyclic amines) is 1. The van der Waals surface area contributed by atoms with Crippen LogP contribution >= 0.6 is 0 Å². The van der Waals surface area contributed by atoms with E-state index in [-0.39, 0.29) is 11.8 Å². The van der Waals surface area contributed by atoms with Crippen LogP contribution in [0.15, 0.2) is 60.7 Å². The highest BCUT2D eigenvalue weighted by Gasteiger charge is 2.29. The van der Waals surface area contributed by atoms with Gasteiger partial charge in [-0.1, -0.05) is 60.7 Å². The van der Waals surface area contributed by atoms with Gasteiger partial charge in [-0.05, 0) is 37.1 Å². The second kappa shape index (κ2) is 9.33. The average molecular weight is 366 g/mol. The van der Waals surface area contributed by atoms with Gasteiger partial charge in [-0.15, -0.1) is 0 Å². The quantitative estimate of drug-likeness (QED) is 0.799. The largest absolute Gasteiger partial charge is 0.467 e. The third-order valence-corrected chi connectivity index (χ3v) is 5.06. The summed E-state index contributed by atoms with van der Waals surface area (Å²) in [5, 5.41) is 2.89. The van der Waals surface area contributed by atoms with Crippen molar-refractivity contribution >= 4 is 11.9 Å². The summed E-state index contributed by atoms with van der Waals surface area (Å²) in [5.41, 5.74) is 2.02. The molecule has 0 aromatic heterocycles. The van der Waals surface area contributed by atoms with E-state index in [2.05, 4.69) is 22.3 Å². The number of carbonyl (C=O) groups is 2. The predicted octanol–water partition coefficient (Wildman–Crippen LogP) is 2.93. The lowest BCUT2D eigenvalue weighted by Crippen LogP contribution is -2.43. The Morgan fingerprint density at radius 2 is 1.63 bits per heavy atom. The number of amides is 1. The summed E-state index contributed by atoms with van der Waals surface area (Å²) < 4.78 is 4.88. The van der Waals surface area contributed by atoms with Gasteiger partial charge in [0.15, 0.2) is 6.04 Å². The molecule has 5 nitrogen and oxygen atoms in total. The first-order valence-electron chi connectivity index (χ1n) is 9.37. The van der Waals surface area contributed by atoms with Crippen molar-refractivity contribution in [3.05, 3.63) is 71.8 Å². The van der Waals surface area contributed by atoms with Gasteiger partial charge in [0.05, 0.1) is 7.11 Å². The minimum Gasteiger partial charge on any atom is -0.467 e. The lowest BCUT2D eigenvalue weighted by Gasteiger charge is -2.32. The predicted molar refractivity (Wildman–Crippen MR) is 104 cm³/mol. The second-order valence-corrected chi connectivity index (χ2v) is 6.91. The minimum atomic E-state index is -0.758. The molecular weight excluding hydrogens is 340 g/mol. The van der Waals surface area contributed by atoms with Gasteiger partial charge in [0.1, 0.15) is 0 Å². The second-order valence-electron chi connectivity index (χ2n) is 6.91. The number of hydrogen-bond donors (Lipinski definition) is 1. The summed E-state index contributed by atoms with van der Waals surface area (Å²) in [6.45, 7) is 2.66. The summed E-state index contributed by atoms with van der Waals surface area (Å²) in [5.74, 6) is -0.599. The third-order valence-electron chi connectivity index (χ3n) is 5.06. The summed E-state index contributed by atoms with van der Waals surface area (Å²) in [6.07, 6.45) is 1.59. The van der Waals surface area contributed by atoms with Crippen molar-refractivity contribution in [3.8, 4) is 0 Å². The van der Waals surface area contributed by atoms with Crippen LogP contribution in [0.4, 0.5) is 0 Å². The van der Waals surface area contributed by atoms with E-state index in [1.165, 1.54) is 12.7 Å². The maximum Gasteiger partial charge on any atom is 0.333 e. The van der Waals surface area contributed by atoms with Crippen LogP contribution in [0, 0.1) is 5.92 Å². The molecule has 142 valence electrons. The Morgan fingerprint density at radius 3 is 2.22 bits per heavy atom. The molecule has 1 aliphatic rings. The lowest BCUT2D eigenvalue weighted by molar-refractivity contribution is -0.146. The fourth-order valence-electron chi connectivity index (χ4n) is 3.50. The van der Waals surface area contributed by atoms with E-state index < -0.39 is 12.0 Å². The van der Waals surface area contributed by atoms with Gasteiger partial charge >= 0.3 is 5.97 Å². The number of nitrogens with one attached hydrogen (secondary N) is 1. The topological polar surface area (TPSA) is 58.6 Å². The van der Waals surface area contributed by atoms with Crippen molar-refractivity contribution in [2.45, 2.75) is 25.4 Å². The van der Waals surface area contributed by atoms with E-state index >= 15 is 0 Å². The Balaban J connectivity index is 1.55. The van der Waals surface area contributed by atoms with E-state index in [1.54, 1.807) is 0 Å². The highest BCUT2D eigenvalue weighted by molar-refractivity contribution is 5.86. The fourth-order valence-corrected chi connectivity index (χ4v) is 3.50. The molecule has 2 aromatic carbocycles. The molecule has 1 aliphatic heterocycles. The number of benzene rings is 2. The molecule has 1 heterocycles. The van der Waals surface area contributed by atoms with Crippen LogP contribution in [0.25, 0.3) is 0 Å². The molecule has 1 atom stereocenters. The molecule has 0 aliphatic carbocycles. The number of hydrogen-bond acceptors (Lipinski definition) is 4. The zero-order chi connectivity index (χ0) is 19.1. The van der Waals surface area contributed by atoms with Crippen molar-refractivity contribution in [2.24, 2.45) is 5.92 Å². The summed E-state index contributed by atoms with van der Waals surface area (Å²) in [7, 11) is 1.34. The van der Waals surface area contributed by atoms with Crippen molar-refractivity contribution in [2.75, 3.05) is 20.2 Å². The molecule has 0 spiro atoms. The summed E-state index contributed by atoms with van der Waals surface area (Å²) in [4.78, 5) is 27.2. The number of rotatable bonds is 6. The molecule has 27 heavy (non-hydrogen) atoms. The van der Waals surface area contributed by atoms with E-state index in [1.807, 2.05) is 48.5 Å². The first kappa shape index (κ1) is 19.1. The van der Waals surface area contributed by atoms with Crippen LogP contribution in [-0.2, 0) is 20.9 Å². The molecule has 0 radical (unpaired) electrons. The van der Waals surface area contributed by atoms with Crippen LogP contribution in [0.1, 0.15) is 30.0 Å². The highest BCUT2D eigenvalue weighted by atomic mass is 16.5. The Kier molecular flexibility index (Phi) is 6.60. The van der Waals surface area contributed by atoms with Crippen LogP contribution in [0.3, 0.4) is 0 Å². The Hall–Kier alpha value is -2.66. The van der Waals surface area contributed by atoms with E-state index in [9.17, 15) is 9.59 Å². The van der Waals surface area contributed by atoms with Gasteiger partial charge in [-0.2, -0.15) is 0 Å². The first-order chi connectivity index (χ1) is 13.2. The van der Waals surface area contributed by atoms with E-state index in [0.29, 0.717) is 0 Å². The molecule has 1 amide bonds. The Labute approximate surface area is 160 Å². The molecule has 5 heteroatoms. The Morgan fingerprint density at radius 1 is 1.04 bits per heavy atom. The molecule has 1 saturated heterocycles. The van der Waals surface area contributed by atoms with Crippen molar-refractivity contribution in [1.82, 2.24) is 10.2 Å². The van der Waals surface area contributed by atoms with Gasteiger partial charge in [0.2, 0.25) is 5.91 Å². The van der Waals surface area contributed by atoms with Crippen molar-refractivity contribution < 1.29 is 14.3 Å². The number of piperidine rings is 1. The number of nitrogens with zero attached hydrogens (tertiary/aromatic N) is 1. The molecule has 2 aromatic rings. The lowest BCUT2D eigenvalue weighted by atomic mass is 9.94. The maximum absolute atomic E-state index is 12.7. The zero-order valence-electron chi connectivity index (χ0n) is 15.6. The van der Waals surface area contributed by atoms with Crippen LogP contribution in [0.5, 0.6) is 0 Å². The van der Waals surface area contributed by atoms with Gasteiger partial charge in [-0.3, -0.25) is 9.69 Å². The van der Waals surface area contributed by atoms with Gasteiger partial charge in [0.25, 0.3) is 0 Å². The number of ether oxygens (including phenoxy) is 1. The SMILES string of the molecule is COC(=O)C(NC(=O)C1CCN(Cc2ccccc2)CC1)c1ccccc1. The Bertz CT molecular complexity index is 741. The van der Waals surface area contributed by atoms with Crippen LogP contribution in [-0.4, -0.2) is 37.0 Å². The van der Waals surface area contributed by atoms with E-state index in [0.717, 1.165) is 38.0 Å². The van der Waals surface area contributed by atoms with E-state index in [4.69, 9.17) is 4.74 Å². The normalized spacial score (nSPS) is 16.5. The minimum absolute atomic E-state index is 0.0754. The molecule has 1 fully saturated rings. The standard InChI is InChI=1S/C22H26N2O3/c1-27-22(26)20(18-10-6-3-7-11-18)23-21(25)19-12-14-24(15-13-19)16-17-8-4-2-5-9-17/h2-11,19-20H,12-16H2,1H3,(H,23,25). The average Bonchev–Trinajstić information content (AvgIpc) is 2.73. The fraction of sp³-hybridized carbons (Fsp3) is 0.364. The molecule has 1 N–H and O–H groups in total. The van der Waals surface area contributed by atoms with Crippen LogP contribution < -0.4 is 5.32 Å². The zero-order valence-corrected chi connectivity index (χ0v) is 15.6. The molecule has 0 bridgehead atoms. The summed E-state index contributed by atoms with van der Waals surface area (Å²) >= 11 is 0. The number of carbonyl (C=O) groups excluding carboxylic acids is 2. The smallest absolute Gasteiger partial charge is 0.333 e.